The SMILES string of the molecule is Cc1cc2c(cc1OCCCC[S+]([O-])c1ccc(Cl)c(Cl)c1)C(C)(C)OC(=O)N2. The molecule has 8 heteroatoms. The van der Waals surface area contributed by atoms with Gasteiger partial charge < -0.3 is 14.0 Å². The number of benzene rings is 2. The van der Waals surface area contributed by atoms with Gasteiger partial charge in [-0.1, -0.05) is 23.2 Å². The molecule has 0 bridgehead atoms. The first-order chi connectivity index (χ1) is 13.7. The largest absolute Gasteiger partial charge is 0.611 e. The normalized spacial score (nSPS) is 15.9. The van der Waals surface area contributed by atoms with E-state index < -0.39 is 22.9 Å². The second-order valence-electron chi connectivity index (χ2n) is 7.37. The molecule has 2 aromatic carbocycles. The smallest absolute Gasteiger partial charge is 0.412 e. The molecule has 0 fully saturated rings. The molecule has 156 valence electrons. The van der Waals surface area contributed by atoms with Crippen molar-refractivity contribution in [3.63, 3.8) is 0 Å². The second-order valence-corrected chi connectivity index (χ2v) is 9.75. The van der Waals surface area contributed by atoms with E-state index in [1.165, 1.54) is 0 Å². The van der Waals surface area contributed by atoms with Gasteiger partial charge in [0.25, 0.3) is 0 Å². The summed E-state index contributed by atoms with van der Waals surface area (Å²) in [6, 6.07) is 8.85. The van der Waals surface area contributed by atoms with Crippen LogP contribution in [0.4, 0.5) is 10.5 Å². The number of aryl methyl sites for hydroxylation is 1. The first kappa shape index (κ1) is 22.1. The van der Waals surface area contributed by atoms with Crippen molar-refractivity contribution in [3.8, 4) is 5.75 Å². The minimum Gasteiger partial charge on any atom is -0.611 e. The maximum atomic E-state index is 12.4. The monoisotopic (exact) mass is 455 g/mol. The number of fused-ring (bicyclic) bond motifs is 1. The highest BCUT2D eigenvalue weighted by atomic mass is 35.5. The van der Waals surface area contributed by atoms with Gasteiger partial charge in [-0.25, -0.2) is 4.79 Å². The van der Waals surface area contributed by atoms with E-state index in [2.05, 4.69) is 5.32 Å². The summed E-state index contributed by atoms with van der Waals surface area (Å²) in [7, 11) is 0. The number of amides is 1. The zero-order valence-electron chi connectivity index (χ0n) is 16.5. The van der Waals surface area contributed by atoms with Crippen LogP contribution in [-0.2, 0) is 21.5 Å². The summed E-state index contributed by atoms with van der Waals surface area (Å²) in [6.07, 6.45) is 1.06. The highest BCUT2D eigenvalue weighted by Crippen LogP contribution is 2.39. The summed E-state index contributed by atoms with van der Waals surface area (Å²) in [5.74, 6) is 1.28. The van der Waals surface area contributed by atoms with Crippen molar-refractivity contribution in [1.29, 1.82) is 0 Å². The number of ether oxygens (including phenoxy) is 2. The van der Waals surface area contributed by atoms with Crippen LogP contribution in [0.2, 0.25) is 10.0 Å². The van der Waals surface area contributed by atoms with Crippen molar-refractivity contribution >= 4 is 46.2 Å². The lowest BCUT2D eigenvalue weighted by Crippen LogP contribution is -2.34. The number of hydrogen-bond acceptors (Lipinski definition) is 4. The van der Waals surface area contributed by atoms with Crippen molar-refractivity contribution in [2.45, 2.75) is 44.1 Å². The maximum Gasteiger partial charge on any atom is 0.412 e. The molecule has 0 saturated carbocycles. The molecule has 0 aromatic heterocycles. The van der Waals surface area contributed by atoms with Crippen LogP contribution in [0.1, 0.15) is 37.8 Å². The Morgan fingerprint density at radius 1 is 1.17 bits per heavy atom. The molecule has 1 amide bonds. The van der Waals surface area contributed by atoms with Crippen molar-refractivity contribution in [2.75, 3.05) is 17.7 Å². The van der Waals surface area contributed by atoms with Gasteiger partial charge in [-0.15, -0.1) is 0 Å². The molecule has 0 aliphatic carbocycles. The summed E-state index contributed by atoms with van der Waals surface area (Å²) < 4.78 is 23.7. The number of rotatable bonds is 7. The van der Waals surface area contributed by atoms with Crippen molar-refractivity contribution in [3.05, 3.63) is 51.5 Å². The molecule has 29 heavy (non-hydrogen) atoms. The topological polar surface area (TPSA) is 70.6 Å². The third-order valence-corrected chi connectivity index (χ3v) is 6.86. The lowest BCUT2D eigenvalue weighted by atomic mass is 9.93. The Morgan fingerprint density at radius 2 is 1.93 bits per heavy atom. The Balaban J connectivity index is 1.53. The summed E-state index contributed by atoms with van der Waals surface area (Å²) in [4.78, 5) is 12.3. The average molecular weight is 456 g/mol. The molecule has 1 aliphatic heterocycles. The molecule has 1 heterocycles. The molecule has 1 aliphatic rings. The Hall–Kier alpha value is -1.60. The molecule has 5 nitrogen and oxygen atoms in total. The fourth-order valence-electron chi connectivity index (χ4n) is 3.12. The van der Waals surface area contributed by atoms with Gasteiger partial charge in [-0.3, -0.25) is 5.32 Å². The van der Waals surface area contributed by atoms with E-state index in [0.717, 1.165) is 35.4 Å². The molecule has 0 saturated heterocycles. The molecule has 1 unspecified atom stereocenters. The zero-order valence-corrected chi connectivity index (χ0v) is 18.8. The molecule has 1 atom stereocenters. The molecule has 3 rings (SSSR count). The van der Waals surface area contributed by atoms with Crippen LogP contribution >= 0.6 is 23.2 Å². The van der Waals surface area contributed by atoms with E-state index in [1.807, 2.05) is 32.9 Å². The van der Waals surface area contributed by atoms with Gasteiger partial charge in [-0.2, -0.15) is 0 Å². The predicted molar refractivity (Wildman–Crippen MR) is 117 cm³/mol. The van der Waals surface area contributed by atoms with Crippen LogP contribution in [0.15, 0.2) is 35.2 Å². The summed E-state index contributed by atoms with van der Waals surface area (Å²) in [6.45, 7) is 6.14. The van der Waals surface area contributed by atoms with Gasteiger partial charge >= 0.3 is 6.09 Å². The quantitative estimate of drug-likeness (QED) is 0.406. The molecular weight excluding hydrogens is 433 g/mol. The Morgan fingerprint density at radius 3 is 2.66 bits per heavy atom. The van der Waals surface area contributed by atoms with Gasteiger partial charge in [0.2, 0.25) is 0 Å². The Labute approximate surface area is 183 Å². The fraction of sp³-hybridized carbons (Fsp3) is 0.381. The maximum absolute atomic E-state index is 12.4. The summed E-state index contributed by atoms with van der Waals surface area (Å²) >= 11 is 10.8. The minimum atomic E-state index is -1.13. The van der Waals surface area contributed by atoms with E-state index in [1.54, 1.807) is 18.2 Å². The number of nitrogens with one attached hydrogen (secondary N) is 1. The van der Waals surface area contributed by atoms with E-state index in [0.29, 0.717) is 27.3 Å². The zero-order chi connectivity index (χ0) is 21.2. The standard InChI is InChI=1S/C21H23Cl2NO4S/c1-13-10-18-15(21(2,3)28-20(25)24-18)12-19(13)27-8-4-5-9-29(26)14-6-7-16(22)17(23)11-14/h6-7,10-12H,4-5,8-9H2,1-3H3,(H,24,25). The number of anilines is 1. The predicted octanol–water partition coefficient (Wildman–Crippen LogP) is 6.07. The van der Waals surface area contributed by atoms with Crippen molar-refractivity contribution in [2.24, 2.45) is 0 Å². The van der Waals surface area contributed by atoms with Crippen molar-refractivity contribution < 1.29 is 18.8 Å². The number of unbranched alkanes of at least 4 members (excludes halogenated alkanes) is 1. The van der Waals surface area contributed by atoms with Crippen LogP contribution in [0.25, 0.3) is 0 Å². The first-order valence-electron chi connectivity index (χ1n) is 9.29. The first-order valence-corrected chi connectivity index (χ1v) is 11.4. The third kappa shape index (κ3) is 5.31. The Kier molecular flexibility index (Phi) is 6.89. The highest BCUT2D eigenvalue weighted by molar-refractivity contribution is 7.91. The van der Waals surface area contributed by atoms with Crippen LogP contribution in [-0.4, -0.2) is 23.0 Å². The molecule has 0 spiro atoms. The Bertz CT molecular complexity index is 920. The van der Waals surface area contributed by atoms with Crippen molar-refractivity contribution in [1.82, 2.24) is 0 Å². The molecule has 2 aromatic rings. The van der Waals surface area contributed by atoms with Crippen LogP contribution in [0, 0.1) is 6.92 Å². The molecule has 1 N–H and O–H groups in total. The van der Waals surface area contributed by atoms with Gasteiger partial charge in [0.1, 0.15) is 17.1 Å². The molecule has 0 radical (unpaired) electrons. The van der Waals surface area contributed by atoms with E-state index >= 15 is 0 Å². The lowest BCUT2D eigenvalue weighted by Gasteiger charge is -2.33. The third-order valence-electron chi connectivity index (χ3n) is 4.68. The summed E-state index contributed by atoms with van der Waals surface area (Å²) in [5.41, 5.74) is 1.83. The number of hydrogen-bond donors (Lipinski definition) is 1. The number of cyclic esters (lactones) is 1. The van der Waals surface area contributed by atoms with Gasteiger partial charge in [0, 0.05) is 11.6 Å². The van der Waals surface area contributed by atoms with Gasteiger partial charge in [0.05, 0.1) is 22.3 Å². The molecular formula is C21H23Cl2NO4S. The average Bonchev–Trinajstić information content (AvgIpc) is 2.63. The second kappa shape index (κ2) is 9.04. The number of halogens is 2. The van der Waals surface area contributed by atoms with E-state index in [-0.39, 0.29) is 0 Å². The van der Waals surface area contributed by atoms with Crippen LogP contribution < -0.4 is 10.1 Å². The summed E-state index contributed by atoms with van der Waals surface area (Å²) in [5, 5.41) is 3.59. The van der Waals surface area contributed by atoms with E-state index in [9.17, 15) is 9.35 Å². The lowest BCUT2D eigenvalue weighted by molar-refractivity contribution is 0.0418. The highest BCUT2D eigenvalue weighted by Gasteiger charge is 2.34. The van der Waals surface area contributed by atoms with Gasteiger partial charge in [-0.05, 0) is 74.6 Å². The minimum absolute atomic E-state index is 0.409. The van der Waals surface area contributed by atoms with Crippen LogP contribution in [0.3, 0.4) is 0 Å². The number of carbonyl (C=O) groups excluding carboxylic acids is 1. The fourth-order valence-corrected chi connectivity index (χ4v) is 4.65. The van der Waals surface area contributed by atoms with Gasteiger partial charge in [0.15, 0.2) is 4.90 Å². The number of carbonyl (C=O) groups is 1. The van der Waals surface area contributed by atoms with Crippen LogP contribution in [0.5, 0.6) is 5.75 Å². The van der Waals surface area contributed by atoms with E-state index in [4.69, 9.17) is 32.7 Å².